The van der Waals surface area contributed by atoms with Crippen LogP contribution in [0.5, 0.6) is 0 Å². The van der Waals surface area contributed by atoms with Gasteiger partial charge in [-0.05, 0) is 12.5 Å². The van der Waals surface area contributed by atoms with Crippen LogP contribution in [-0.2, 0) is 19.1 Å². The predicted molar refractivity (Wildman–Crippen MR) is 78.7 cm³/mol. The van der Waals surface area contributed by atoms with Crippen molar-refractivity contribution >= 4 is 11.9 Å². The Morgan fingerprint density at radius 2 is 1.95 bits per heavy atom. The van der Waals surface area contributed by atoms with Gasteiger partial charge in [0.25, 0.3) is 0 Å². The van der Waals surface area contributed by atoms with Gasteiger partial charge < -0.3 is 25.0 Å². The molecule has 0 aromatic heterocycles. The molecule has 1 fully saturated rings. The Morgan fingerprint density at radius 1 is 1.32 bits per heavy atom. The zero-order valence-electron chi connectivity index (χ0n) is 12.4. The number of nitrogens with one attached hydrogen (secondary N) is 1. The van der Waals surface area contributed by atoms with Gasteiger partial charge in [-0.3, -0.25) is 0 Å². The van der Waals surface area contributed by atoms with Crippen molar-refractivity contribution in [3.8, 4) is 0 Å². The maximum absolute atomic E-state index is 9.10. The van der Waals surface area contributed by atoms with Crippen LogP contribution in [0.15, 0.2) is 30.3 Å². The number of carboxylic acids is 2. The van der Waals surface area contributed by atoms with Crippen molar-refractivity contribution in [3.63, 3.8) is 0 Å². The van der Waals surface area contributed by atoms with Crippen LogP contribution in [0.2, 0.25) is 0 Å². The Morgan fingerprint density at radius 3 is 2.45 bits per heavy atom. The molecule has 1 saturated heterocycles. The van der Waals surface area contributed by atoms with Gasteiger partial charge in [0.1, 0.15) is 0 Å². The van der Waals surface area contributed by atoms with Gasteiger partial charge in [0.2, 0.25) is 0 Å². The van der Waals surface area contributed by atoms with Gasteiger partial charge in [-0.15, -0.1) is 0 Å². The van der Waals surface area contributed by atoms with E-state index >= 15 is 0 Å². The third kappa shape index (κ3) is 7.16. The second-order valence-corrected chi connectivity index (χ2v) is 4.69. The van der Waals surface area contributed by atoms with Crippen molar-refractivity contribution in [3.05, 3.63) is 35.9 Å². The van der Waals surface area contributed by atoms with Crippen LogP contribution < -0.4 is 5.32 Å². The summed E-state index contributed by atoms with van der Waals surface area (Å²) in [4.78, 5) is 18.2. The van der Waals surface area contributed by atoms with Gasteiger partial charge in [0.15, 0.2) is 0 Å². The lowest BCUT2D eigenvalue weighted by Crippen LogP contribution is -2.41. The van der Waals surface area contributed by atoms with Crippen molar-refractivity contribution < 1.29 is 29.3 Å². The topological polar surface area (TPSA) is 105 Å². The molecule has 7 nitrogen and oxygen atoms in total. The van der Waals surface area contributed by atoms with Crippen LogP contribution in [-0.4, -0.2) is 54.6 Å². The first-order chi connectivity index (χ1) is 10.5. The fraction of sp³-hybridized carbons (Fsp3) is 0.467. The Bertz CT molecular complexity index is 446. The minimum absolute atomic E-state index is 0.131. The average Bonchev–Trinajstić information content (AvgIpc) is 2.55. The van der Waals surface area contributed by atoms with Crippen LogP contribution in [0.1, 0.15) is 18.6 Å². The highest BCUT2D eigenvalue weighted by Gasteiger charge is 2.15. The highest BCUT2D eigenvalue weighted by Crippen LogP contribution is 2.16. The van der Waals surface area contributed by atoms with Crippen LogP contribution in [0.3, 0.4) is 0 Å². The molecule has 0 aliphatic carbocycles. The van der Waals surface area contributed by atoms with Gasteiger partial charge in [0.05, 0.1) is 25.4 Å². The number of morpholine rings is 1. The van der Waals surface area contributed by atoms with Gasteiger partial charge >= 0.3 is 11.9 Å². The molecule has 2 atom stereocenters. The van der Waals surface area contributed by atoms with E-state index in [9.17, 15) is 0 Å². The molecule has 2 rings (SSSR count). The molecule has 2 unspecified atom stereocenters. The molecular weight excluding hydrogens is 290 g/mol. The Labute approximate surface area is 128 Å². The third-order valence-electron chi connectivity index (χ3n) is 2.99. The fourth-order valence-electron chi connectivity index (χ4n) is 1.80. The lowest BCUT2D eigenvalue weighted by Gasteiger charge is -2.25. The van der Waals surface area contributed by atoms with Gasteiger partial charge in [0, 0.05) is 13.1 Å². The molecule has 1 heterocycles. The van der Waals surface area contributed by atoms with Crippen LogP contribution in [0, 0.1) is 0 Å². The molecule has 1 aromatic rings. The largest absolute Gasteiger partial charge is 0.473 e. The number of hydrogen-bond donors (Lipinski definition) is 3. The zero-order chi connectivity index (χ0) is 16.4. The first-order valence-electron chi connectivity index (χ1n) is 6.95. The lowest BCUT2D eigenvalue weighted by atomic mass is 10.1. The quantitative estimate of drug-likeness (QED) is 0.710. The van der Waals surface area contributed by atoms with Gasteiger partial charge in [-0.25, -0.2) is 9.59 Å². The summed E-state index contributed by atoms with van der Waals surface area (Å²) < 4.78 is 11.4. The maximum atomic E-state index is 9.10. The number of carbonyl (C=O) groups is 2. The summed E-state index contributed by atoms with van der Waals surface area (Å²) >= 11 is 0. The van der Waals surface area contributed by atoms with Crippen molar-refractivity contribution in [2.75, 3.05) is 26.3 Å². The van der Waals surface area contributed by atoms with E-state index in [1.54, 1.807) is 0 Å². The van der Waals surface area contributed by atoms with Crippen LogP contribution >= 0.6 is 0 Å². The standard InChI is InChI=1S/C13H19NO2.C2H2O4/c1-11(12-5-3-2-4-6-12)16-10-13-9-14-7-8-15-13;3-1(4)2(5)6/h2-6,11,13-14H,7-10H2,1H3;(H,3,4)(H,5,6). The van der Waals surface area contributed by atoms with Crippen molar-refractivity contribution in [2.45, 2.75) is 19.1 Å². The molecular formula is C15H21NO6. The van der Waals surface area contributed by atoms with E-state index in [1.165, 1.54) is 5.56 Å². The summed E-state index contributed by atoms with van der Waals surface area (Å²) in [5.74, 6) is -3.65. The summed E-state index contributed by atoms with van der Waals surface area (Å²) in [5.41, 5.74) is 1.21. The number of hydrogen-bond acceptors (Lipinski definition) is 5. The fourth-order valence-corrected chi connectivity index (χ4v) is 1.80. The molecule has 0 spiro atoms. The van der Waals surface area contributed by atoms with E-state index in [-0.39, 0.29) is 12.2 Å². The SMILES string of the molecule is CC(OCC1CNCCO1)c1ccccc1.O=C(O)C(=O)O. The summed E-state index contributed by atoms with van der Waals surface area (Å²) in [5, 5.41) is 18.1. The molecule has 1 aromatic carbocycles. The summed E-state index contributed by atoms with van der Waals surface area (Å²) in [6.45, 7) is 5.36. The average molecular weight is 311 g/mol. The molecule has 1 aliphatic heterocycles. The van der Waals surface area contributed by atoms with E-state index in [0.717, 1.165) is 19.7 Å². The second kappa shape index (κ2) is 9.88. The highest BCUT2D eigenvalue weighted by atomic mass is 16.5. The minimum atomic E-state index is -1.82. The molecule has 0 radical (unpaired) electrons. The van der Waals surface area contributed by atoms with E-state index < -0.39 is 11.9 Å². The molecule has 0 bridgehead atoms. The van der Waals surface area contributed by atoms with E-state index in [1.807, 2.05) is 18.2 Å². The first kappa shape index (κ1) is 18.1. The van der Waals surface area contributed by atoms with E-state index in [2.05, 4.69) is 24.4 Å². The second-order valence-electron chi connectivity index (χ2n) is 4.69. The first-order valence-corrected chi connectivity index (χ1v) is 6.95. The highest BCUT2D eigenvalue weighted by molar-refractivity contribution is 6.27. The molecule has 122 valence electrons. The van der Waals surface area contributed by atoms with Gasteiger partial charge in [-0.2, -0.15) is 0 Å². The van der Waals surface area contributed by atoms with Crippen LogP contribution in [0.4, 0.5) is 0 Å². The van der Waals surface area contributed by atoms with Crippen LogP contribution in [0.25, 0.3) is 0 Å². The number of benzene rings is 1. The maximum Gasteiger partial charge on any atom is 0.414 e. The monoisotopic (exact) mass is 311 g/mol. The molecule has 1 aliphatic rings. The van der Waals surface area contributed by atoms with Gasteiger partial charge in [-0.1, -0.05) is 30.3 Å². The normalized spacial score (nSPS) is 18.7. The molecule has 22 heavy (non-hydrogen) atoms. The summed E-state index contributed by atoms with van der Waals surface area (Å²) in [6.07, 6.45) is 0.326. The van der Waals surface area contributed by atoms with Crippen molar-refractivity contribution in [1.82, 2.24) is 5.32 Å². The van der Waals surface area contributed by atoms with Crippen molar-refractivity contribution in [2.24, 2.45) is 0 Å². The third-order valence-corrected chi connectivity index (χ3v) is 2.99. The van der Waals surface area contributed by atoms with E-state index in [4.69, 9.17) is 29.3 Å². The number of ether oxygens (including phenoxy) is 2. The zero-order valence-corrected chi connectivity index (χ0v) is 12.4. The molecule has 3 N–H and O–H groups in total. The summed E-state index contributed by atoms with van der Waals surface area (Å²) in [7, 11) is 0. The molecule has 7 heteroatoms. The number of carboxylic acid groups (broad SMARTS) is 2. The number of aliphatic carboxylic acids is 2. The Hall–Kier alpha value is -1.96. The molecule has 0 saturated carbocycles. The lowest BCUT2D eigenvalue weighted by molar-refractivity contribution is -0.159. The predicted octanol–water partition coefficient (Wildman–Crippen LogP) is 0.908. The van der Waals surface area contributed by atoms with Crippen molar-refractivity contribution in [1.29, 1.82) is 0 Å². The molecule has 0 amide bonds. The smallest absolute Gasteiger partial charge is 0.414 e. The Kier molecular flexibility index (Phi) is 8.13. The Balaban J connectivity index is 0.000000346. The minimum Gasteiger partial charge on any atom is -0.473 e. The number of rotatable bonds is 4. The summed E-state index contributed by atoms with van der Waals surface area (Å²) in [6, 6.07) is 10.3. The van der Waals surface area contributed by atoms with E-state index in [0.29, 0.717) is 6.61 Å².